The predicted octanol–water partition coefficient (Wildman–Crippen LogP) is 2.37. The largest absolute Gasteiger partial charge is 0.396 e. The van der Waals surface area contributed by atoms with Crippen molar-refractivity contribution in [3.63, 3.8) is 0 Å². The fourth-order valence-corrected chi connectivity index (χ4v) is 1.74. The first kappa shape index (κ1) is 12.9. The molecule has 0 aliphatic heterocycles. The van der Waals surface area contributed by atoms with E-state index in [4.69, 9.17) is 5.73 Å². The summed E-state index contributed by atoms with van der Waals surface area (Å²) in [6.07, 6.45) is -4.09. The number of hydrogen-bond donors (Lipinski definition) is 1. The van der Waals surface area contributed by atoms with Crippen molar-refractivity contribution in [2.45, 2.75) is 16.6 Å². The monoisotopic (exact) mass is 259 g/mol. The molecule has 1 atom stereocenters. The van der Waals surface area contributed by atoms with Crippen molar-refractivity contribution in [2.24, 2.45) is 0 Å². The first-order chi connectivity index (χ1) is 7.26. The van der Waals surface area contributed by atoms with Crippen LogP contribution >= 0.6 is 0 Å². The van der Waals surface area contributed by atoms with E-state index in [1.807, 2.05) is 0 Å². The van der Waals surface area contributed by atoms with Gasteiger partial charge in [-0.05, 0) is 18.2 Å². The van der Waals surface area contributed by atoms with Gasteiger partial charge < -0.3 is 5.73 Å². The molecule has 2 nitrogen and oxygen atoms in total. The minimum Gasteiger partial charge on any atom is -0.396 e. The third-order valence-corrected chi connectivity index (χ3v) is 3.04. The Morgan fingerprint density at radius 1 is 1.31 bits per heavy atom. The van der Waals surface area contributed by atoms with Gasteiger partial charge in [-0.25, -0.2) is 17.4 Å². The molecule has 0 saturated carbocycles. The second-order valence-electron chi connectivity index (χ2n) is 2.81. The van der Waals surface area contributed by atoms with Crippen molar-refractivity contribution in [1.82, 2.24) is 0 Å². The lowest BCUT2D eigenvalue weighted by Crippen LogP contribution is -2.32. The van der Waals surface area contributed by atoms with Crippen molar-refractivity contribution < 1.29 is 26.2 Å². The van der Waals surface area contributed by atoms with Crippen molar-refractivity contribution in [3.8, 4) is 0 Å². The molecule has 1 aromatic rings. The van der Waals surface area contributed by atoms with Crippen LogP contribution in [0, 0.1) is 5.82 Å². The highest BCUT2D eigenvalue weighted by atomic mass is 32.2. The average Bonchev–Trinajstić information content (AvgIpc) is 2.20. The van der Waals surface area contributed by atoms with Crippen molar-refractivity contribution in [1.29, 1.82) is 0 Å². The molecule has 0 spiro atoms. The lowest BCUT2D eigenvalue weighted by molar-refractivity contribution is -0.0602. The lowest BCUT2D eigenvalue weighted by Gasteiger charge is -2.14. The van der Waals surface area contributed by atoms with Gasteiger partial charge in [0.1, 0.15) is 16.6 Å². The topological polar surface area (TPSA) is 43.1 Å². The van der Waals surface area contributed by atoms with E-state index in [0.29, 0.717) is 6.07 Å². The van der Waals surface area contributed by atoms with Crippen LogP contribution < -0.4 is 5.73 Å². The minimum absolute atomic E-state index is 0.346. The molecule has 0 fully saturated rings. The van der Waals surface area contributed by atoms with Crippen LogP contribution in [0.15, 0.2) is 23.1 Å². The van der Waals surface area contributed by atoms with Crippen molar-refractivity contribution >= 4 is 16.5 Å². The molecule has 0 bridgehead atoms. The number of nitrogens with two attached hydrogens (primary N) is 1. The van der Waals surface area contributed by atoms with Gasteiger partial charge in [0.25, 0.3) is 0 Å². The zero-order valence-electron chi connectivity index (χ0n) is 7.59. The Kier molecular flexibility index (Phi) is 3.51. The predicted molar refractivity (Wildman–Crippen MR) is 48.2 cm³/mol. The van der Waals surface area contributed by atoms with E-state index < -0.39 is 33.2 Å². The van der Waals surface area contributed by atoms with Crippen LogP contribution in [0.5, 0.6) is 0 Å². The number of hydrogen-bond acceptors (Lipinski definition) is 2. The molecular formula is C8H6F5NOS. The molecule has 90 valence electrons. The summed E-state index contributed by atoms with van der Waals surface area (Å²) >= 11 is 0. The maximum absolute atomic E-state index is 12.8. The highest BCUT2D eigenvalue weighted by molar-refractivity contribution is 7.86. The van der Waals surface area contributed by atoms with Crippen LogP contribution in [-0.2, 0) is 10.8 Å². The minimum atomic E-state index is -4.72. The normalized spacial score (nSPS) is 14.1. The maximum atomic E-state index is 12.8. The Balaban J connectivity index is 3.11. The summed E-state index contributed by atoms with van der Waals surface area (Å²) in [4.78, 5) is -0.739. The summed E-state index contributed by atoms with van der Waals surface area (Å²) in [6, 6.07) is 2.14. The van der Waals surface area contributed by atoms with Crippen LogP contribution in [0.3, 0.4) is 0 Å². The fourth-order valence-electron chi connectivity index (χ4n) is 0.861. The first-order valence-electron chi connectivity index (χ1n) is 3.89. The molecule has 0 aliphatic carbocycles. The van der Waals surface area contributed by atoms with Gasteiger partial charge in [-0.2, -0.15) is 8.78 Å². The quantitative estimate of drug-likeness (QED) is 0.669. The standard InChI is InChI=1S/C8H6F5NOS/c9-5-3-4(1-2-6(5)14)16(15)8(12,13)7(10)11/h1-3,7H,14H2. The highest BCUT2D eigenvalue weighted by Gasteiger charge is 2.48. The van der Waals surface area contributed by atoms with Gasteiger partial charge in [0.2, 0.25) is 0 Å². The number of anilines is 1. The van der Waals surface area contributed by atoms with Gasteiger partial charge in [-0.15, -0.1) is 0 Å². The average molecular weight is 259 g/mol. The van der Waals surface area contributed by atoms with E-state index in [1.165, 1.54) is 0 Å². The van der Waals surface area contributed by atoms with E-state index >= 15 is 0 Å². The molecular weight excluding hydrogens is 253 g/mol. The number of benzene rings is 1. The van der Waals surface area contributed by atoms with E-state index in [9.17, 15) is 26.2 Å². The van der Waals surface area contributed by atoms with Gasteiger partial charge in [0, 0.05) is 4.90 Å². The Bertz CT molecular complexity index is 423. The molecule has 2 N–H and O–H groups in total. The van der Waals surface area contributed by atoms with E-state index in [-0.39, 0.29) is 5.69 Å². The Morgan fingerprint density at radius 3 is 2.31 bits per heavy atom. The Morgan fingerprint density at radius 2 is 1.88 bits per heavy atom. The van der Waals surface area contributed by atoms with Crippen LogP contribution in [0.25, 0.3) is 0 Å². The molecule has 0 saturated heterocycles. The molecule has 16 heavy (non-hydrogen) atoms. The smallest absolute Gasteiger partial charge is 0.384 e. The van der Waals surface area contributed by atoms with Crippen molar-refractivity contribution in [3.05, 3.63) is 24.0 Å². The first-order valence-corrected chi connectivity index (χ1v) is 5.04. The number of alkyl halides is 4. The molecule has 1 unspecified atom stereocenters. The zero-order chi connectivity index (χ0) is 12.5. The Labute approximate surface area is 89.7 Å². The second kappa shape index (κ2) is 4.36. The highest BCUT2D eigenvalue weighted by Crippen LogP contribution is 2.31. The summed E-state index contributed by atoms with van der Waals surface area (Å²) in [5.41, 5.74) is 4.70. The third-order valence-electron chi connectivity index (χ3n) is 1.69. The van der Waals surface area contributed by atoms with Crippen LogP contribution in [0.2, 0.25) is 0 Å². The lowest BCUT2D eigenvalue weighted by atomic mass is 10.3. The van der Waals surface area contributed by atoms with Gasteiger partial charge in [-0.3, -0.25) is 0 Å². The van der Waals surface area contributed by atoms with Gasteiger partial charge in [-0.1, -0.05) is 0 Å². The van der Waals surface area contributed by atoms with Gasteiger partial charge in [0.05, 0.1) is 5.69 Å². The third kappa shape index (κ3) is 2.31. The summed E-state index contributed by atoms with van der Waals surface area (Å²) in [7, 11) is -3.32. The molecule has 0 radical (unpaired) electrons. The van der Waals surface area contributed by atoms with E-state index in [2.05, 4.69) is 0 Å². The summed E-state index contributed by atoms with van der Waals surface area (Å²) in [5.74, 6) is -1.09. The number of nitrogen functional groups attached to an aromatic ring is 1. The summed E-state index contributed by atoms with van der Waals surface area (Å²) in [6.45, 7) is 0. The molecule has 0 aliphatic rings. The van der Waals surface area contributed by atoms with Crippen LogP contribution in [0.4, 0.5) is 27.6 Å². The number of halogens is 5. The van der Waals surface area contributed by atoms with Crippen LogP contribution in [-0.4, -0.2) is 15.9 Å². The van der Waals surface area contributed by atoms with Gasteiger partial charge in [0.15, 0.2) is 0 Å². The molecule has 0 heterocycles. The molecule has 8 heteroatoms. The maximum Gasteiger partial charge on any atom is 0.384 e. The van der Waals surface area contributed by atoms with E-state index in [0.717, 1.165) is 12.1 Å². The SMILES string of the molecule is Nc1ccc(S(=O)C(F)(F)C(F)F)cc1F. The Hall–Kier alpha value is -1.18. The second-order valence-corrected chi connectivity index (χ2v) is 4.37. The van der Waals surface area contributed by atoms with Gasteiger partial charge >= 0.3 is 11.7 Å². The molecule has 1 rings (SSSR count). The van der Waals surface area contributed by atoms with E-state index in [1.54, 1.807) is 0 Å². The molecule has 0 amide bonds. The summed E-state index contributed by atoms with van der Waals surface area (Å²) < 4.78 is 72.9. The molecule has 0 aromatic heterocycles. The fraction of sp³-hybridized carbons (Fsp3) is 0.250. The zero-order valence-corrected chi connectivity index (χ0v) is 8.41. The van der Waals surface area contributed by atoms with Crippen LogP contribution in [0.1, 0.15) is 0 Å². The van der Waals surface area contributed by atoms with Crippen molar-refractivity contribution in [2.75, 3.05) is 5.73 Å². The summed E-state index contributed by atoms with van der Waals surface area (Å²) in [5, 5.41) is -4.72. The molecule has 1 aromatic carbocycles. The number of rotatable bonds is 3.